The second kappa shape index (κ2) is 7.00. The number of hydrogen-bond acceptors (Lipinski definition) is 5. The Labute approximate surface area is 155 Å². The van der Waals surface area contributed by atoms with Gasteiger partial charge < -0.3 is 5.11 Å². The minimum atomic E-state index is -4.36. The average molecular weight is 414 g/mol. The monoisotopic (exact) mass is 414 g/mol. The van der Waals surface area contributed by atoms with E-state index in [1.165, 1.54) is 29.6 Å². The Morgan fingerprint density at radius 3 is 2.33 bits per heavy atom. The molecule has 0 atom stereocenters. The number of rotatable bonds is 5. The molecule has 140 valence electrons. The third-order valence-corrected chi connectivity index (χ3v) is 5.70. The van der Waals surface area contributed by atoms with E-state index in [4.69, 9.17) is 5.11 Å². The molecule has 0 saturated carbocycles. The van der Waals surface area contributed by atoms with Crippen molar-refractivity contribution in [2.75, 3.05) is 4.72 Å². The molecule has 2 aromatic carbocycles. The zero-order valence-electron chi connectivity index (χ0n) is 13.1. The Morgan fingerprint density at radius 1 is 1.04 bits per heavy atom. The molecule has 1 heterocycles. The summed E-state index contributed by atoms with van der Waals surface area (Å²) in [6, 6.07) is 6.74. The Kier molecular flexibility index (Phi) is 4.89. The average Bonchev–Trinajstić information content (AvgIpc) is 3.10. The standard InChI is InChI=1S/C16H9F3N2O4S2/c17-9-3-1-8(2-4-9)15-20-12(7-26-15)27(24,25)21-11-6-5-10(16(22)23)13(18)14(11)19/h1-7,21H,(H,22,23). The maximum Gasteiger partial charge on any atom is 0.338 e. The number of nitrogens with one attached hydrogen (secondary N) is 1. The van der Waals surface area contributed by atoms with Gasteiger partial charge in [-0.05, 0) is 36.4 Å². The lowest BCUT2D eigenvalue weighted by Gasteiger charge is -2.08. The van der Waals surface area contributed by atoms with Crippen molar-refractivity contribution in [3.8, 4) is 10.6 Å². The Bertz CT molecular complexity index is 1130. The summed E-state index contributed by atoms with van der Waals surface area (Å²) in [6.07, 6.45) is 0. The molecule has 2 N–H and O–H groups in total. The third kappa shape index (κ3) is 3.78. The summed E-state index contributed by atoms with van der Waals surface area (Å²) in [7, 11) is -4.36. The largest absolute Gasteiger partial charge is 0.478 e. The van der Waals surface area contributed by atoms with Gasteiger partial charge in [0.2, 0.25) is 0 Å². The van der Waals surface area contributed by atoms with E-state index < -0.39 is 49.7 Å². The zero-order valence-corrected chi connectivity index (χ0v) is 14.7. The molecule has 0 spiro atoms. The lowest BCUT2D eigenvalue weighted by Crippen LogP contribution is -2.15. The van der Waals surface area contributed by atoms with E-state index in [2.05, 4.69) is 4.98 Å². The molecule has 0 amide bonds. The predicted octanol–water partition coefficient (Wildman–Crippen LogP) is 3.73. The summed E-state index contributed by atoms with van der Waals surface area (Å²) in [5.41, 5.74) is -1.21. The summed E-state index contributed by atoms with van der Waals surface area (Å²) in [4.78, 5) is 14.7. The minimum absolute atomic E-state index is 0.281. The van der Waals surface area contributed by atoms with Gasteiger partial charge in [-0.2, -0.15) is 8.42 Å². The van der Waals surface area contributed by atoms with Crippen molar-refractivity contribution in [2.45, 2.75) is 5.03 Å². The fourth-order valence-corrected chi connectivity index (χ4v) is 4.26. The fraction of sp³-hybridized carbons (Fsp3) is 0. The zero-order chi connectivity index (χ0) is 19.8. The molecule has 0 aliphatic rings. The van der Waals surface area contributed by atoms with Gasteiger partial charge in [0.15, 0.2) is 16.7 Å². The van der Waals surface area contributed by atoms with Crippen molar-refractivity contribution < 1.29 is 31.5 Å². The van der Waals surface area contributed by atoms with Crippen molar-refractivity contribution in [2.24, 2.45) is 0 Å². The van der Waals surface area contributed by atoms with E-state index in [0.29, 0.717) is 5.56 Å². The molecule has 0 fully saturated rings. The van der Waals surface area contributed by atoms with Gasteiger partial charge >= 0.3 is 5.97 Å². The van der Waals surface area contributed by atoms with Crippen LogP contribution in [0.1, 0.15) is 10.4 Å². The predicted molar refractivity (Wildman–Crippen MR) is 91.6 cm³/mol. The molecular weight excluding hydrogens is 405 g/mol. The molecule has 27 heavy (non-hydrogen) atoms. The van der Waals surface area contributed by atoms with Crippen LogP contribution >= 0.6 is 11.3 Å². The first-order valence-electron chi connectivity index (χ1n) is 7.14. The van der Waals surface area contributed by atoms with E-state index in [0.717, 1.165) is 23.5 Å². The number of aromatic nitrogens is 1. The van der Waals surface area contributed by atoms with Crippen LogP contribution in [0.25, 0.3) is 10.6 Å². The van der Waals surface area contributed by atoms with E-state index in [1.807, 2.05) is 4.72 Å². The number of halogens is 3. The van der Waals surface area contributed by atoms with Crippen molar-refractivity contribution in [3.63, 3.8) is 0 Å². The van der Waals surface area contributed by atoms with Gasteiger partial charge in [-0.1, -0.05) is 0 Å². The van der Waals surface area contributed by atoms with Crippen LogP contribution in [0.4, 0.5) is 18.9 Å². The van der Waals surface area contributed by atoms with Crippen molar-refractivity contribution in [1.82, 2.24) is 4.98 Å². The third-order valence-electron chi connectivity index (χ3n) is 3.41. The van der Waals surface area contributed by atoms with Crippen molar-refractivity contribution >= 4 is 33.0 Å². The second-order valence-corrected chi connectivity index (χ2v) is 7.68. The van der Waals surface area contributed by atoms with Gasteiger partial charge in [0.05, 0.1) is 11.3 Å². The maximum absolute atomic E-state index is 14.0. The highest BCUT2D eigenvalue weighted by molar-refractivity contribution is 7.92. The Hall–Kier alpha value is -2.92. The summed E-state index contributed by atoms with van der Waals surface area (Å²) < 4.78 is 67.2. The number of carbonyl (C=O) groups is 1. The lowest BCUT2D eigenvalue weighted by atomic mass is 10.2. The van der Waals surface area contributed by atoms with E-state index in [9.17, 15) is 26.4 Å². The van der Waals surface area contributed by atoms with Crippen LogP contribution in [-0.2, 0) is 10.0 Å². The van der Waals surface area contributed by atoms with E-state index in [1.54, 1.807) is 0 Å². The van der Waals surface area contributed by atoms with Crippen LogP contribution in [0.5, 0.6) is 0 Å². The molecule has 0 aliphatic heterocycles. The van der Waals surface area contributed by atoms with Crippen LogP contribution in [0.2, 0.25) is 0 Å². The highest BCUT2D eigenvalue weighted by Gasteiger charge is 2.24. The van der Waals surface area contributed by atoms with Crippen LogP contribution in [0.3, 0.4) is 0 Å². The SMILES string of the molecule is O=C(O)c1ccc(NS(=O)(=O)c2csc(-c3ccc(F)cc3)n2)c(F)c1F. The van der Waals surface area contributed by atoms with Crippen LogP contribution in [-0.4, -0.2) is 24.5 Å². The highest BCUT2D eigenvalue weighted by atomic mass is 32.2. The number of sulfonamides is 1. The number of nitrogens with zero attached hydrogens (tertiary/aromatic N) is 1. The first-order chi connectivity index (χ1) is 12.7. The smallest absolute Gasteiger partial charge is 0.338 e. The number of thiazole rings is 1. The normalized spacial score (nSPS) is 11.4. The quantitative estimate of drug-likeness (QED) is 0.663. The number of carboxylic acids is 1. The molecule has 11 heteroatoms. The topological polar surface area (TPSA) is 96.4 Å². The number of benzene rings is 2. The summed E-state index contributed by atoms with van der Waals surface area (Å²) in [6.45, 7) is 0. The Morgan fingerprint density at radius 2 is 1.70 bits per heavy atom. The van der Waals surface area contributed by atoms with E-state index >= 15 is 0 Å². The number of hydrogen-bond donors (Lipinski definition) is 2. The Balaban J connectivity index is 1.91. The number of aromatic carboxylic acids is 1. The van der Waals surface area contributed by atoms with Crippen LogP contribution in [0.15, 0.2) is 46.8 Å². The van der Waals surface area contributed by atoms with Gasteiger partial charge in [-0.15, -0.1) is 11.3 Å². The van der Waals surface area contributed by atoms with Crippen LogP contribution < -0.4 is 4.72 Å². The molecule has 0 aliphatic carbocycles. The fourth-order valence-electron chi connectivity index (χ4n) is 2.10. The summed E-state index contributed by atoms with van der Waals surface area (Å²) in [5.74, 6) is -5.49. The molecular formula is C16H9F3N2O4S2. The molecule has 0 saturated heterocycles. The molecule has 0 radical (unpaired) electrons. The lowest BCUT2D eigenvalue weighted by molar-refractivity contribution is 0.0690. The second-order valence-electron chi connectivity index (χ2n) is 5.20. The van der Waals surface area contributed by atoms with Crippen molar-refractivity contribution in [1.29, 1.82) is 0 Å². The maximum atomic E-state index is 14.0. The van der Waals surface area contributed by atoms with E-state index in [-0.39, 0.29) is 5.01 Å². The summed E-state index contributed by atoms with van der Waals surface area (Å²) in [5, 5.41) is 9.75. The number of anilines is 1. The molecule has 6 nitrogen and oxygen atoms in total. The van der Waals surface area contributed by atoms with Gasteiger partial charge in [-0.25, -0.2) is 22.9 Å². The van der Waals surface area contributed by atoms with Gasteiger partial charge in [0.1, 0.15) is 10.8 Å². The molecule has 0 bridgehead atoms. The van der Waals surface area contributed by atoms with Gasteiger partial charge in [0.25, 0.3) is 10.0 Å². The first-order valence-corrected chi connectivity index (χ1v) is 9.51. The number of carboxylic acid groups (broad SMARTS) is 1. The molecule has 3 rings (SSSR count). The van der Waals surface area contributed by atoms with Crippen molar-refractivity contribution in [3.05, 3.63) is 64.8 Å². The summed E-state index contributed by atoms with van der Waals surface area (Å²) >= 11 is 0.961. The minimum Gasteiger partial charge on any atom is -0.478 e. The highest BCUT2D eigenvalue weighted by Crippen LogP contribution is 2.28. The van der Waals surface area contributed by atoms with Gasteiger partial charge in [-0.3, -0.25) is 4.72 Å². The molecule has 1 aromatic heterocycles. The first kappa shape index (κ1) is 18.9. The van der Waals surface area contributed by atoms with Gasteiger partial charge in [0, 0.05) is 10.9 Å². The molecule has 0 unspecified atom stereocenters. The molecule has 3 aromatic rings. The van der Waals surface area contributed by atoms with Crippen LogP contribution in [0, 0.1) is 17.5 Å².